The second kappa shape index (κ2) is 10.6. The first-order chi connectivity index (χ1) is 15.2. The summed E-state index contributed by atoms with van der Waals surface area (Å²) in [6.07, 6.45) is 3.45. The van der Waals surface area contributed by atoms with Crippen molar-refractivity contribution in [3.8, 4) is 5.75 Å². The molecule has 178 valence electrons. The number of amides is 2. The summed E-state index contributed by atoms with van der Waals surface area (Å²) in [6.45, 7) is 11.5. The molecule has 0 radical (unpaired) electrons. The third-order valence-corrected chi connectivity index (χ3v) is 6.24. The molecule has 1 aliphatic carbocycles. The van der Waals surface area contributed by atoms with Gasteiger partial charge in [0.2, 0.25) is 5.91 Å². The molecule has 1 fully saturated rings. The molecular weight excluding hydrogens is 406 g/mol. The molecular formula is C25H39N3O4. The molecule has 7 heteroatoms. The van der Waals surface area contributed by atoms with Crippen LogP contribution in [0, 0.1) is 0 Å². The maximum Gasteiger partial charge on any atom is 0.410 e. The number of hydrogen-bond donors (Lipinski definition) is 0. The number of nitrogens with zero attached hydrogens (tertiary/aromatic N) is 3. The van der Waals surface area contributed by atoms with Gasteiger partial charge in [0.25, 0.3) is 0 Å². The van der Waals surface area contributed by atoms with E-state index in [4.69, 9.17) is 9.47 Å². The highest BCUT2D eigenvalue weighted by molar-refractivity contribution is 5.79. The average Bonchev–Trinajstić information content (AvgIpc) is 2.75. The SMILES string of the molecule is CCCN(C(=O)CN1CCN(C(=O)OC(C)(C)C)CC1)[C@@H]1CCc2c(cccc2OC)C1. The summed E-state index contributed by atoms with van der Waals surface area (Å²) in [7, 11) is 1.72. The molecule has 0 N–H and O–H groups in total. The minimum absolute atomic E-state index is 0.189. The lowest BCUT2D eigenvalue weighted by molar-refractivity contribution is -0.135. The van der Waals surface area contributed by atoms with Gasteiger partial charge in [-0.25, -0.2) is 4.79 Å². The Morgan fingerprint density at radius 1 is 1.16 bits per heavy atom. The molecule has 1 atom stereocenters. The first-order valence-corrected chi connectivity index (χ1v) is 11.9. The van der Waals surface area contributed by atoms with Crippen LogP contribution in [-0.4, -0.2) is 84.7 Å². The van der Waals surface area contributed by atoms with Crippen molar-refractivity contribution in [3.63, 3.8) is 0 Å². The number of rotatable bonds is 6. The molecule has 3 rings (SSSR count). The number of carbonyl (C=O) groups excluding carboxylic acids is 2. The minimum atomic E-state index is -0.493. The molecule has 7 nitrogen and oxygen atoms in total. The Morgan fingerprint density at radius 3 is 2.50 bits per heavy atom. The molecule has 1 heterocycles. The van der Waals surface area contributed by atoms with Gasteiger partial charge in [0.15, 0.2) is 0 Å². The summed E-state index contributed by atoms with van der Waals surface area (Å²) in [6, 6.07) is 6.44. The van der Waals surface area contributed by atoms with Crippen molar-refractivity contribution in [2.75, 3.05) is 46.4 Å². The summed E-state index contributed by atoms with van der Waals surface area (Å²) < 4.78 is 11.0. The number of hydrogen-bond acceptors (Lipinski definition) is 5. The molecule has 1 aliphatic heterocycles. The molecule has 1 saturated heterocycles. The summed E-state index contributed by atoms with van der Waals surface area (Å²) in [5, 5.41) is 0. The largest absolute Gasteiger partial charge is 0.496 e. The van der Waals surface area contributed by atoms with Crippen LogP contribution in [0.25, 0.3) is 0 Å². The third kappa shape index (κ3) is 6.15. The van der Waals surface area contributed by atoms with E-state index in [1.54, 1.807) is 12.0 Å². The molecule has 0 spiro atoms. The lowest BCUT2D eigenvalue weighted by atomic mass is 9.86. The number of piperazine rings is 1. The third-order valence-electron chi connectivity index (χ3n) is 6.24. The molecule has 0 saturated carbocycles. The zero-order valence-corrected chi connectivity index (χ0v) is 20.4. The van der Waals surface area contributed by atoms with E-state index in [0.29, 0.717) is 32.7 Å². The average molecular weight is 446 g/mol. The second-order valence-electron chi connectivity index (χ2n) is 9.83. The van der Waals surface area contributed by atoms with Crippen LogP contribution in [0.4, 0.5) is 4.79 Å². The standard InChI is InChI=1S/C25H39N3O4/c1-6-12-28(20-10-11-21-19(17-20)8-7-9-22(21)31-5)23(29)18-26-13-15-27(16-14-26)24(30)32-25(2,3)4/h7-9,20H,6,10-18H2,1-5H3/t20-/m1/s1. The number of ether oxygens (including phenoxy) is 2. The van der Waals surface area contributed by atoms with Crippen molar-refractivity contribution < 1.29 is 19.1 Å². The molecule has 0 aromatic heterocycles. The van der Waals surface area contributed by atoms with Crippen molar-refractivity contribution in [2.24, 2.45) is 0 Å². The Morgan fingerprint density at radius 2 is 1.88 bits per heavy atom. The smallest absolute Gasteiger partial charge is 0.410 e. The molecule has 32 heavy (non-hydrogen) atoms. The Labute approximate surface area is 192 Å². The van der Waals surface area contributed by atoms with Crippen molar-refractivity contribution in [1.82, 2.24) is 14.7 Å². The van der Waals surface area contributed by atoms with E-state index in [1.807, 2.05) is 32.9 Å². The predicted octanol–water partition coefficient (Wildman–Crippen LogP) is 3.34. The van der Waals surface area contributed by atoms with Crippen LogP contribution in [0.5, 0.6) is 5.75 Å². The van der Waals surface area contributed by atoms with Crippen molar-refractivity contribution in [3.05, 3.63) is 29.3 Å². The van der Waals surface area contributed by atoms with Crippen LogP contribution in [0.3, 0.4) is 0 Å². The van der Waals surface area contributed by atoms with Gasteiger partial charge in [0.1, 0.15) is 11.4 Å². The van der Waals surface area contributed by atoms with E-state index < -0.39 is 5.60 Å². The fourth-order valence-corrected chi connectivity index (χ4v) is 4.66. The van der Waals surface area contributed by atoms with Crippen LogP contribution >= 0.6 is 0 Å². The Hall–Kier alpha value is -2.28. The van der Waals surface area contributed by atoms with E-state index >= 15 is 0 Å². The van der Waals surface area contributed by atoms with E-state index in [0.717, 1.165) is 38.0 Å². The highest BCUT2D eigenvalue weighted by Gasteiger charge is 2.31. The zero-order chi connectivity index (χ0) is 23.3. The first-order valence-electron chi connectivity index (χ1n) is 11.9. The number of benzene rings is 1. The fourth-order valence-electron chi connectivity index (χ4n) is 4.66. The number of fused-ring (bicyclic) bond motifs is 1. The second-order valence-corrected chi connectivity index (χ2v) is 9.83. The molecule has 2 amide bonds. The van der Waals surface area contributed by atoms with Gasteiger partial charge >= 0.3 is 6.09 Å². The van der Waals surface area contributed by atoms with Crippen molar-refractivity contribution in [1.29, 1.82) is 0 Å². The maximum atomic E-state index is 13.3. The van der Waals surface area contributed by atoms with Gasteiger partial charge in [-0.05, 0) is 63.6 Å². The van der Waals surface area contributed by atoms with E-state index in [9.17, 15) is 9.59 Å². The van der Waals surface area contributed by atoms with Gasteiger partial charge < -0.3 is 19.3 Å². The lowest BCUT2D eigenvalue weighted by Gasteiger charge is -2.39. The topological polar surface area (TPSA) is 62.3 Å². The monoisotopic (exact) mass is 445 g/mol. The molecule has 0 unspecified atom stereocenters. The Balaban J connectivity index is 1.56. The molecule has 0 bridgehead atoms. The molecule has 1 aromatic rings. The van der Waals surface area contributed by atoms with Gasteiger partial charge in [-0.15, -0.1) is 0 Å². The van der Waals surface area contributed by atoms with Gasteiger partial charge in [-0.3, -0.25) is 9.69 Å². The van der Waals surface area contributed by atoms with Gasteiger partial charge in [0.05, 0.1) is 13.7 Å². The van der Waals surface area contributed by atoms with Crippen LogP contribution in [0.15, 0.2) is 18.2 Å². The van der Waals surface area contributed by atoms with Crippen molar-refractivity contribution >= 4 is 12.0 Å². The quantitative estimate of drug-likeness (QED) is 0.672. The Kier molecular flexibility index (Phi) is 8.04. The van der Waals surface area contributed by atoms with E-state index in [1.165, 1.54) is 11.1 Å². The normalized spacial score (nSPS) is 19.3. The lowest BCUT2D eigenvalue weighted by Crippen LogP contribution is -2.54. The highest BCUT2D eigenvalue weighted by atomic mass is 16.6. The summed E-state index contributed by atoms with van der Waals surface area (Å²) in [5.74, 6) is 1.14. The molecule has 1 aromatic carbocycles. The maximum absolute atomic E-state index is 13.3. The zero-order valence-electron chi connectivity index (χ0n) is 20.4. The predicted molar refractivity (Wildman–Crippen MR) is 125 cm³/mol. The highest BCUT2D eigenvalue weighted by Crippen LogP contribution is 2.31. The van der Waals surface area contributed by atoms with Crippen LogP contribution in [-0.2, 0) is 22.4 Å². The van der Waals surface area contributed by atoms with Gasteiger partial charge in [-0.1, -0.05) is 19.1 Å². The van der Waals surface area contributed by atoms with Crippen LogP contribution in [0.1, 0.15) is 51.7 Å². The van der Waals surface area contributed by atoms with Crippen LogP contribution < -0.4 is 4.74 Å². The fraction of sp³-hybridized carbons (Fsp3) is 0.680. The van der Waals surface area contributed by atoms with Gasteiger partial charge in [0, 0.05) is 38.8 Å². The summed E-state index contributed by atoms with van der Waals surface area (Å²) in [5.41, 5.74) is 2.09. The number of methoxy groups -OCH3 is 1. The number of carbonyl (C=O) groups is 2. The molecule has 2 aliphatic rings. The first kappa shape index (κ1) is 24.4. The van der Waals surface area contributed by atoms with E-state index in [2.05, 4.69) is 22.8 Å². The van der Waals surface area contributed by atoms with E-state index in [-0.39, 0.29) is 18.0 Å². The summed E-state index contributed by atoms with van der Waals surface area (Å²) in [4.78, 5) is 31.6. The van der Waals surface area contributed by atoms with Crippen LogP contribution in [0.2, 0.25) is 0 Å². The summed E-state index contributed by atoms with van der Waals surface area (Å²) >= 11 is 0. The minimum Gasteiger partial charge on any atom is -0.496 e. The van der Waals surface area contributed by atoms with Gasteiger partial charge in [-0.2, -0.15) is 0 Å². The van der Waals surface area contributed by atoms with Crippen molar-refractivity contribution in [2.45, 2.75) is 65.0 Å². The Bertz CT molecular complexity index is 797.